The van der Waals surface area contributed by atoms with Crippen molar-refractivity contribution in [1.29, 1.82) is 0 Å². The molecule has 4 unspecified atom stereocenters. The van der Waals surface area contributed by atoms with Crippen molar-refractivity contribution < 1.29 is 18.9 Å². The number of nitrogens with one attached hydrogen (secondary N) is 2. The number of hydrogen-bond donors (Lipinski definition) is 2. The summed E-state index contributed by atoms with van der Waals surface area (Å²) in [5.41, 5.74) is -0.933. The number of likely N-dealkylation sites (N-methyl/N-ethyl adjacent to an activating group) is 1. The Morgan fingerprint density at radius 2 is 1.72 bits per heavy atom. The number of rotatable bonds is 9. The summed E-state index contributed by atoms with van der Waals surface area (Å²) in [6.45, 7) is 13.5. The van der Waals surface area contributed by atoms with Crippen LogP contribution >= 0.6 is 0 Å². The molecule has 6 nitrogen and oxygen atoms in total. The highest BCUT2D eigenvalue weighted by Gasteiger charge is 2.55. The third-order valence-corrected chi connectivity index (χ3v) is 5.42. The SMILES string of the molecule is CNC(C)C(=O)NC(C)B1OC(C)(C)C(C)(CCC(C)CC(C)=O)O1. The predicted octanol–water partition coefficient (Wildman–Crippen LogP) is 2.11. The van der Waals surface area contributed by atoms with Crippen LogP contribution in [0.3, 0.4) is 0 Å². The van der Waals surface area contributed by atoms with Gasteiger partial charge in [0.2, 0.25) is 5.91 Å². The number of amides is 1. The second-order valence-corrected chi connectivity index (χ2v) is 8.20. The molecule has 0 aromatic carbocycles. The van der Waals surface area contributed by atoms with Gasteiger partial charge in [0.15, 0.2) is 0 Å². The molecule has 1 saturated heterocycles. The van der Waals surface area contributed by atoms with E-state index in [1.165, 1.54) is 0 Å². The van der Waals surface area contributed by atoms with Crippen LogP contribution in [0.4, 0.5) is 0 Å². The molecule has 0 aliphatic carbocycles. The molecule has 1 aliphatic heterocycles. The summed E-state index contributed by atoms with van der Waals surface area (Å²) in [5.74, 6) is 0.206. The Balaban J connectivity index is 2.68. The normalized spacial score (nSPS) is 26.2. The third kappa shape index (κ3) is 5.79. The second kappa shape index (κ2) is 8.65. The van der Waals surface area contributed by atoms with Gasteiger partial charge in [-0.3, -0.25) is 4.79 Å². The molecular weight excluding hydrogens is 319 g/mol. The fourth-order valence-corrected chi connectivity index (χ4v) is 3.06. The van der Waals surface area contributed by atoms with Crippen molar-refractivity contribution in [2.24, 2.45) is 5.92 Å². The molecule has 0 aromatic rings. The smallest absolute Gasteiger partial charge is 0.402 e. The van der Waals surface area contributed by atoms with E-state index in [1.54, 1.807) is 14.0 Å². The maximum Gasteiger partial charge on any atom is 0.481 e. The van der Waals surface area contributed by atoms with E-state index >= 15 is 0 Å². The zero-order valence-corrected chi connectivity index (χ0v) is 17.1. The highest BCUT2D eigenvalue weighted by atomic mass is 16.7. The van der Waals surface area contributed by atoms with Crippen LogP contribution in [0.1, 0.15) is 67.7 Å². The minimum Gasteiger partial charge on any atom is -0.402 e. The lowest BCUT2D eigenvalue weighted by Gasteiger charge is -2.37. The van der Waals surface area contributed by atoms with E-state index in [1.807, 2.05) is 27.7 Å². The predicted molar refractivity (Wildman–Crippen MR) is 100 cm³/mol. The first-order valence-electron chi connectivity index (χ1n) is 9.24. The van der Waals surface area contributed by atoms with Crippen molar-refractivity contribution >= 4 is 18.8 Å². The van der Waals surface area contributed by atoms with Crippen molar-refractivity contribution in [3.63, 3.8) is 0 Å². The zero-order valence-electron chi connectivity index (χ0n) is 17.1. The van der Waals surface area contributed by atoms with Gasteiger partial charge >= 0.3 is 7.12 Å². The molecule has 1 fully saturated rings. The van der Waals surface area contributed by atoms with Gasteiger partial charge in [-0.25, -0.2) is 0 Å². The average molecular weight is 354 g/mol. The standard InChI is InChI=1S/C18H35BN2O4/c1-12(11-13(2)22)9-10-18(7)17(5,6)24-19(25-18)15(4)21-16(23)14(3)20-8/h12,14-15,20H,9-11H2,1-8H3,(H,21,23). The Morgan fingerprint density at radius 3 is 2.24 bits per heavy atom. The Kier molecular flexibility index (Phi) is 7.65. The van der Waals surface area contributed by atoms with Crippen LogP contribution < -0.4 is 10.6 Å². The lowest BCUT2D eigenvalue weighted by atomic mass is 9.79. The summed E-state index contributed by atoms with van der Waals surface area (Å²) in [5, 5.41) is 5.86. The van der Waals surface area contributed by atoms with Gasteiger partial charge in [0.1, 0.15) is 5.78 Å². The Morgan fingerprint density at radius 1 is 1.12 bits per heavy atom. The molecule has 7 heteroatoms. The second-order valence-electron chi connectivity index (χ2n) is 8.20. The van der Waals surface area contributed by atoms with Gasteiger partial charge in [-0.15, -0.1) is 0 Å². The maximum absolute atomic E-state index is 12.1. The van der Waals surface area contributed by atoms with Gasteiger partial charge in [-0.2, -0.15) is 0 Å². The van der Waals surface area contributed by atoms with Crippen molar-refractivity contribution in [2.45, 2.75) is 90.9 Å². The molecule has 1 rings (SSSR count). The number of ketones is 1. The summed E-state index contributed by atoms with van der Waals surface area (Å²) in [6, 6.07) is -0.268. The summed E-state index contributed by atoms with van der Waals surface area (Å²) in [6.07, 6.45) is 2.29. The van der Waals surface area contributed by atoms with Crippen LogP contribution in [-0.2, 0) is 18.9 Å². The van der Waals surface area contributed by atoms with Crippen molar-refractivity contribution in [2.75, 3.05) is 7.05 Å². The van der Waals surface area contributed by atoms with Crippen LogP contribution in [-0.4, -0.2) is 49.0 Å². The summed E-state index contributed by atoms with van der Waals surface area (Å²) in [4.78, 5) is 23.3. The van der Waals surface area contributed by atoms with Crippen LogP contribution in [0, 0.1) is 5.92 Å². The Hall–Kier alpha value is -0.915. The van der Waals surface area contributed by atoms with E-state index in [0.717, 1.165) is 12.8 Å². The first-order chi connectivity index (χ1) is 11.4. The topological polar surface area (TPSA) is 76.7 Å². The van der Waals surface area contributed by atoms with Crippen LogP contribution in [0.5, 0.6) is 0 Å². The van der Waals surface area contributed by atoms with E-state index in [0.29, 0.717) is 12.3 Å². The molecule has 0 bridgehead atoms. The fraction of sp³-hybridized carbons (Fsp3) is 0.889. The lowest BCUT2D eigenvalue weighted by molar-refractivity contribution is -0.123. The van der Waals surface area contributed by atoms with Crippen LogP contribution in [0.25, 0.3) is 0 Å². The average Bonchev–Trinajstić information content (AvgIpc) is 2.74. The molecule has 1 heterocycles. The zero-order chi connectivity index (χ0) is 19.4. The van der Waals surface area contributed by atoms with Crippen LogP contribution in [0.2, 0.25) is 0 Å². The minimum atomic E-state index is -0.490. The highest BCUT2D eigenvalue weighted by molar-refractivity contribution is 6.47. The molecule has 2 N–H and O–H groups in total. The molecule has 0 aromatic heterocycles. The van der Waals surface area contributed by atoms with E-state index in [4.69, 9.17) is 9.31 Å². The monoisotopic (exact) mass is 354 g/mol. The molecule has 25 heavy (non-hydrogen) atoms. The summed E-state index contributed by atoms with van der Waals surface area (Å²) in [7, 11) is 1.26. The summed E-state index contributed by atoms with van der Waals surface area (Å²) < 4.78 is 12.4. The maximum atomic E-state index is 12.1. The highest BCUT2D eigenvalue weighted by Crippen LogP contribution is 2.42. The molecular formula is C18H35BN2O4. The Bertz CT molecular complexity index is 486. The van der Waals surface area contributed by atoms with Gasteiger partial charge in [-0.1, -0.05) is 6.92 Å². The van der Waals surface area contributed by atoms with Crippen molar-refractivity contribution in [3.8, 4) is 0 Å². The number of hydrogen-bond acceptors (Lipinski definition) is 5. The largest absolute Gasteiger partial charge is 0.481 e. The molecule has 0 radical (unpaired) electrons. The fourth-order valence-electron chi connectivity index (χ4n) is 3.06. The van der Waals surface area contributed by atoms with Gasteiger partial charge in [0.25, 0.3) is 0 Å². The quantitative estimate of drug-likeness (QED) is 0.620. The minimum absolute atomic E-state index is 0.0799. The number of carbonyl (C=O) groups excluding carboxylic acids is 2. The molecule has 0 spiro atoms. The molecule has 1 amide bonds. The first-order valence-corrected chi connectivity index (χ1v) is 9.24. The van der Waals surface area contributed by atoms with E-state index in [2.05, 4.69) is 24.5 Å². The van der Waals surface area contributed by atoms with Gasteiger partial charge in [0.05, 0.1) is 23.2 Å². The lowest BCUT2D eigenvalue weighted by Crippen LogP contribution is -2.51. The molecule has 0 saturated carbocycles. The molecule has 4 atom stereocenters. The molecule has 144 valence electrons. The van der Waals surface area contributed by atoms with E-state index in [-0.39, 0.29) is 23.7 Å². The number of Topliss-reactive ketones (excluding diaryl/α,β-unsaturated/α-hetero) is 1. The first kappa shape index (κ1) is 22.1. The summed E-state index contributed by atoms with van der Waals surface area (Å²) >= 11 is 0. The third-order valence-electron chi connectivity index (χ3n) is 5.42. The van der Waals surface area contributed by atoms with Crippen molar-refractivity contribution in [1.82, 2.24) is 10.6 Å². The van der Waals surface area contributed by atoms with Crippen molar-refractivity contribution in [3.05, 3.63) is 0 Å². The van der Waals surface area contributed by atoms with E-state index < -0.39 is 18.3 Å². The van der Waals surface area contributed by atoms with E-state index in [9.17, 15) is 9.59 Å². The van der Waals surface area contributed by atoms with Gasteiger partial charge in [0, 0.05) is 6.42 Å². The van der Waals surface area contributed by atoms with Gasteiger partial charge in [-0.05, 0) is 67.3 Å². The van der Waals surface area contributed by atoms with Gasteiger partial charge < -0.3 is 24.7 Å². The molecule has 1 aliphatic rings. The van der Waals surface area contributed by atoms with Crippen LogP contribution in [0.15, 0.2) is 0 Å². The Labute approximate surface area is 152 Å². The number of carbonyl (C=O) groups is 2.